The summed E-state index contributed by atoms with van der Waals surface area (Å²) in [4.78, 5) is 35.0. The molecule has 2 aromatic carbocycles. The Morgan fingerprint density at radius 2 is 1.77 bits per heavy atom. The number of fused-ring (bicyclic) bond motifs is 1. The summed E-state index contributed by atoms with van der Waals surface area (Å²) in [6.45, 7) is 10.6. The van der Waals surface area contributed by atoms with Crippen LogP contribution in [0.3, 0.4) is 0 Å². The zero-order valence-corrected chi connectivity index (χ0v) is 23.2. The molecule has 2 heterocycles. The Balaban J connectivity index is 1.40. The molecule has 1 saturated heterocycles. The van der Waals surface area contributed by atoms with Gasteiger partial charge < -0.3 is 24.4 Å². The fourth-order valence-electron chi connectivity index (χ4n) is 4.60. The highest BCUT2D eigenvalue weighted by molar-refractivity contribution is 6.05. The van der Waals surface area contributed by atoms with Gasteiger partial charge in [0.1, 0.15) is 23.5 Å². The lowest BCUT2D eigenvalue weighted by molar-refractivity contribution is 0.0145. The van der Waals surface area contributed by atoms with Crippen molar-refractivity contribution in [2.75, 3.05) is 51.2 Å². The summed E-state index contributed by atoms with van der Waals surface area (Å²) < 4.78 is 11.6. The van der Waals surface area contributed by atoms with Crippen LogP contribution >= 0.6 is 0 Å². The van der Waals surface area contributed by atoms with Crippen molar-refractivity contribution < 1.29 is 24.2 Å². The smallest absolute Gasteiger partial charge is 0.410 e. The molecule has 0 aliphatic carbocycles. The average molecular weight is 535 g/mol. The van der Waals surface area contributed by atoms with Crippen LogP contribution in [0, 0.1) is 0 Å². The first kappa shape index (κ1) is 28.2. The van der Waals surface area contributed by atoms with Crippen LogP contribution in [0.1, 0.15) is 43.1 Å². The Morgan fingerprint density at radius 3 is 2.44 bits per heavy atom. The van der Waals surface area contributed by atoms with E-state index in [0.29, 0.717) is 36.3 Å². The Kier molecular flexibility index (Phi) is 8.91. The number of hydrogen-bond acceptors (Lipinski definition) is 7. The van der Waals surface area contributed by atoms with Crippen LogP contribution in [0.5, 0.6) is 5.75 Å². The van der Waals surface area contributed by atoms with Gasteiger partial charge in [-0.25, -0.2) is 9.59 Å². The molecule has 9 nitrogen and oxygen atoms in total. The molecule has 3 aromatic rings. The summed E-state index contributed by atoms with van der Waals surface area (Å²) >= 11 is 0. The number of hydrogen-bond donors (Lipinski definition) is 1. The quantitative estimate of drug-likeness (QED) is 0.415. The summed E-state index contributed by atoms with van der Waals surface area (Å²) in [5.74, 6) is -0.443. The third-order valence-electron chi connectivity index (χ3n) is 6.69. The minimum atomic E-state index is -0.998. The Hall–Kier alpha value is -3.85. The van der Waals surface area contributed by atoms with Gasteiger partial charge in [0.15, 0.2) is 0 Å². The molecule has 1 aliphatic rings. The fraction of sp³-hybridized carbons (Fsp3) is 0.433. The van der Waals surface area contributed by atoms with Crippen LogP contribution in [-0.2, 0) is 11.3 Å². The van der Waals surface area contributed by atoms with Crippen LogP contribution < -0.4 is 9.64 Å². The first-order valence-corrected chi connectivity index (χ1v) is 13.3. The van der Waals surface area contributed by atoms with Gasteiger partial charge in [-0.2, -0.15) is 0 Å². The Bertz CT molecular complexity index is 1280. The van der Waals surface area contributed by atoms with Crippen molar-refractivity contribution >= 4 is 28.7 Å². The van der Waals surface area contributed by atoms with Crippen LogP contribution in [0.2, 0.25) is 0 Å². The van der Waals surface area contributed by atoms with Gasteiger partial charge in [0, 0.05) is 63.1 Å². The number of benzene rings is 2. The lowest BCUT2D eigenvalue weighted by atomic mass is 10.1. The predicted octanol–water partition coefficient (Wildman–Crippen LogP) is 4.89. The molecular formula is C30H38N4O5. The maximum absolute atomic E-state index is 12.3. The number of carboxylic acids is 1. The van der Waals surface area contributed by atoms with Crippen LogP contribution in [0.25, 0.3) is 10.9 Å². The highest BCUT2D eigenvalue weighted by Crippen LogP contribution is 2.33. The van der Waals surface area contributed by atoms with Gasteiger partial charge >= 0.3 is 12.1 Å². The van der Waals surface area contributed by atoms with E-state index in [1.54, 1.807) is 4.90 Å². The van der Waals surface area contributed by atoms with Gasteiger partial charge in [0.2, 0.25) is 0 Å². The number of aromatic nitrogens is 1. The van der Waals surface area contributed by atoms with Crippen molar-refractivity contribution in [1.29, 1.82) is 0 Å². The van der Waals surface area contributed by atoms with Gasteiger partial charge in [-0.15, -0.1) is 0 Å². The maximum atomic E-state index is 12.3. The number of nitrogens with zero attached hydrogens (tertiary/aromatic N) is 4. The SMILES string of the molecule is CN(CCCN1CCN(C(=O)OC(C)(C)C)CC1)c1cc(OCc2ccccc2)c2nccc(C(=O)O)c2c1. The molecule has 0 radical (unpaired) electrons. The van der Waals surface area contributed by atoms with Crippen molar-refractivity contribution in [3.63, 3.8) is 0 Å². The van der Waals surface area contributed by atoms with Gasteiger partial charge in [0.05, 0.1) is 5.56 Å². The van der Waals surface area contributed by atoms with Crippen molar-refractivity contribution in [1.82, 2.24) is 14.8 Å². The van der Waals surface area contributed by atoms with E-state index < -0.39 is 11.6 Å². The molecule has 39 heavy (non-hydrogen) atoms. The molecule has 1 aromatic heterocycles. The molecule has 1 N–H and O–H groups in total. The molecule has 1 fully saturated rings. The number of rotatable bonds is 9. The molecule has 1 amide bonds. The third kappa shape index (κ3) is 7.60. The second-order valence-electron chi connectivity index (χ2n) is 10.9. The van der Waals surface area contributed by atoms with Gasteiger partial charge in [-0.05, 0) is 51.4 Å². The minimum Gasteiger partial charge on any atom is -0.487 e. The highest BCUT2D eigenvalue weighted by atomic mass is 16.6. The molecule has 1 aliphatic heterocycles. The van der Waals surface area contributed by atoms with E-state index in [9.17, 15) is 14.7 Å². The lowest BCUT2D eigenvalue weighted by Crippen LogP contribution is -2.50. The molecule has 208 valence electrons. The Labute approximate surface area is 229 Å². The van der Waals surface area contributed by atoms with E-state index in [-0.39, 0.29) is 11.7 Å². The normalized spacial score (nSPS) is 14.3. The molecule has 0 saturated carbocycles. The van der Waals surface area contributed by atoms with Crippen LogP contribution in [0.15, 0.2) is 54.7 Å². The van der Waals surface area contributed by atoms with E-state index in [4.69, 9.17) is 9.47 Å². The van der Waals surface area contributed by atoms with Gasteiger partial charge in [0.25, 0.3) is 0 Å². The molecule has 9 heteroatoms. The summed E-state index contributed by atoms with van der Waals surface area (Å²) in [7, 11) is 2.00. The maximum Gasteiger partial charge on any atom is 0.410 e. The zero-order valence-electron chi connectivity index (χ0n) is 23.2. The van der Waals surface area contributed by atoms with E-state index >= 15 is 0 Å². The third-order valence-corrected chi connectivity index (χ3v) is 6.69. The largest absolute Gasteiger partial charge is 0.487 e. The summed E-state index contributed by atoms with van der Waals surface area (Å²) in [6, 6.07) is 15.2. The van der Waals surface area contributed by atoms with Crippen LogP contribution in [-0.4, -0.2) is 83.9 Å². The number of pyridine rings is 1. The summed E-state index contributed by atoms with van der Waals surface area (Å²) in [5.41, 5.74) is 2.13. The second kappa shape index (κ2) is 12.3. The number of aromatic carboxylic acids is 1. The predicted molar refractivity (Wildman–Crippen MR) is 152 cm³/mol. The molecule has 0 atom stereocenters. The fourth-order valence-corrected chi connectivity index (χ4v) is 4.60. The van der Waals surface area contributed by atoms with E-state index in [2.05, 4.69) is 14.8 Å². The van der Waals surface area contributed by atoms with Gasteiger partial charge in [-0.3, -0.25) is 9.88 Å². The first-order valence-electron chi connectivity index (χ1n) is 13.3. The number of ether oxygens (including phenoxy) is 2. The van der Waals surface area contributed by atoms with Crippen molar-refractivity contribution in [2.45, 2.75) is 39.4 Å². The van der Waals surface area contributed by atoms with Crippen molar-refractivity contribution in [2.24, 2.45) is 0 Å². The number of carbonyl (C=O) groups is 2. The lowest BCUT2D eigenvalue weighted by Gasteiger charge is -2.35. The first-order chi connectivity index (χ1) is 18.6. The summed E-state index contributed by atoms with van der Waals surface area (Å²) in [5, 5.41) is 10.3. The minimum absolute atomic E-state index is 0.197. The number of anilines is 1. The van der Waals surface area contributed by atoms with Crippen molar-refractivity contribution in [3.8, 4) is 5.75 Å². The van der Waals surface area contributed by atoms with Gasteiger partial charge in [-0.1, -0.05) is 30.3 Å². The average Bonchev–Trinajstić information content (AvgIpc) is 2.91. The van der Waals surface area contributed by atoms with Crippen LogP contribution in [0.4, 0.5) is 10.5 Å². The number of piperazine rings is 1. The van der Waals surface area contributed by atoms with E-state index in [1.165, 1.54) is 12.3 Å². The molecule has 4 rings (SSSR count). The monoisotopic (exact) mass is 534 g/mol. The van der Waals surface area contributed by atoms with E-state index in [0.717, 1.165) is 43.9 Å². The Morgan fingerprint density at radius 1 is 1.05 bits per heavy atom. The topological polar surface area (TPSA) is 95.4 Å². The zero-order chi connectivity index (χ0) is 28.0. The van der Waals surface area contributed by atoms with E-state index in [1.807, 2.05) is 70.3 Å². The number of amides is 1. The highest BCUT2D eigenvalue weighted by Gasteiger charge is 2.25. The summed E-state index contributed by atoms with van der Waals surface area (Å²) in [6.07, 6.45) is 2.17. The molecule has 0 unspecified atom stereocenters. The second-order valence-corrected chi connectivity index (χ2v) is 10.9. The number of carbonyl (C=O) groups excluding carboxylic acids is 1. The van der Waals surface area contributed by atoms with Crippen molar-refractivity contribution in [3.05, 3.63) is 65.9 Å². The molecule has 0 bridgehead atoms. The standard InChI is InChI=1S/C30H38N4O5/c1-30(2,3)39-29(37)34-17-15-33(16-18-34)14-8-13-32(4)23-19-25-24(28(35)36)11-12-31-27(25)26(20-23)38-21-22-9-6-5-7-10-22/h5-7,9-12,19-20H,8,13-18,21H2,1-4H3,(H,35,36). The number of carboxylic acid groups (broad SMARTS) is 1. The molecular weight excluding hydrogens is 496 g/mol. The molecule has 0 spiro atoms.